The van der Waals surface area contributed by atoms with E-state index in [1.807, 2.05) is 18.2 Å². The van der Waals surface area contributed by atoms with Crippen molar-refractivity contribution in [1.82, 2.24) is 5.32 Å². The van der Waals surface area contributed by atoms with Crippen LogP contribution < -0.4 is 10.2 Å². The third kappa shape index (κ3) is 2.86. The molecule has 0 bridgehead atoms. The maximum atomic E-state index is 5.99. The van der Waals surface area contributed by atoms with Crippen LogP contribution in [0.3, 0.4) is 0 Å². The predicted molar refractivity (Wildman–Crippen MR) is 65.7 cm³/mol. The molecule has 2 rings (SSSR count). The van der Waals surface area contributed by atoms with Crippen molar-refractivity contribution < 1.29 is 0 Å². The minimum atomic E-state index is 0.620. The molecule has 1 aliphatic rings. The molecule has 0 aliphatic carbocycles. The summed E-state index contributed by atoms with van der Waals surface area (Å²) in [7, 11) is 0. The van der Waals surface area contributed by atoms with Gasteiger partial charge in [0.2, 0.25) is 0 Å². The van der Waals surface area contributed by atoms with Crippen LogP contribution >= 0.6 is 11.6 Å². The minimum absolute atomic E-state index is 0.620. The Balaban J connectivity index is 2.09. The third-order valence-electron chi connectivity index (χ3n) is 2.88. The summed E-state index contributed by atoms with van der Waals surface area (Å²) < 4.78 is 0. The fourth-order valence-electron chi connectivity index (χ4n) is 1.94. The molecule has 2 nitrogen and oxygen atoms in total. The molecule has 1 fully saturated rings. The van der Waals surface area contributed by atoms with E-state index in [9.17, 15) is 0 Å². The summed E-state index contributed by atoms with van der Waals surface area (Å²) in [6, 6.07) is 8.72. The fraction of sp³-hybridized carbons (Fsp3) is 0.500. The van der Waals surface area contributed by atoms with E-state index in [0.29, 0.717) is 6.04 Å². The Morgan fingerprint density at radius 1 is 1.40 bits per heavy atom. The van der Waals surface area contributed by atoms with Gasteiger partial charge in [-0.2, -0.15) is 0 Å². The largest absolute Gasteiger partial charge is 0.370 e. The zero-order valence-electron chi connectivity index (χ0n) is 9.04. The molecule has 1 aromatic rings. The van der Waals surface area contributed by atoms with Crippen LogP contribution in [-0.4, -0.2) is 25.7 Å². The molecular formula is C12H17ClN2. The van der Waals surface area contributed by atoms with Crippen molar-refractivity contribution >= 4 is 17.3 Å². The van der Waals surface area contributed by atoms with Crippen molar-refractivity contribution in [2.24, 2.45) is 0 Å². The van der Waals surface area contributed by atoms with Crippen LogP contribution in [0.2, 0.25) is 5.02 Å². The maximum Gasteiger partial charge on any atom is 0.0426 e. The third-order valence-corrected chi connectivity index (χ3v) is 3.11. The van der Waals surface area contributed by atoms with Crippen LogP contribution in [0.15, 0.2) is 24.3 Å². The zero-order valence-corrected chi connectivity index (χ0v) is 9.80. The van der Waals surface area contributed by atoms with Gasteiger partial charge in [-0.25, -0.2) is 0 Å². The number of halogens is 1. The molecular weight excluding hydrogens is 208 g/mol. The van der Waals surface area contributed by atoms with Crippen molar-refractivity contribution in [2.75, 3.05) is 24.5 Å². The number of nitrogens with one attached hydrogen (secondary N) is 1. The highest BCUT2D eigenvalue weighted by Crippen LogP contribution is 2.20. The molecule has 1 aliphatic heterocycles. The molecule has 1 atom stereocenters. The molecule has 0 radical (unpaired) electrons. The van der Waals surface area contributed by atoms with Gasteiger partial charge >= 0.3 is 0 Å². The fourth-order valence-corrected chi connectivity index (χ4v) is 2.12. The summed E-state index contributed by atoms with van der Waals surface area (Å²) in [4.78, 5) is 2.39. The molecule has 15 heavy (non-hydrogen) atoms. The number of hydrogen-bond acceptors (Lipinski definition) is 2. The maximum absolute atomic E-state index is 5.99. The molecule has 1 aromatic carbocycles. The van der Waals surface area contributed by atoms with Crippen LogP contribution in [0.4, 0.5) is 5.69 Å². The Labute approximate surface area is 96.2 Å². The smallest absolute Gasteiger partial charge is 0.0426 e. The molecule has 0 saturated carbocycles. The van der Waals surface area contributed by atoms with Crippen molar-refractivity contribution in [3.63, 3.8) is 0 Å². The van der Waals surface area contributed by atoms with E-state index in [4.69, 9.17) is 11.6 Å². The minimum Gasteiger partial charge on any atom is -0.370 e. The van der Waals surface area contributed by atoms with E-state index in [2.05, 4.69) is 23.2 Å². The van der Waals surface area contributed by atoms with Gasteiger partial charge in [0.05, 0.1) is 0 Å². The molecule has 0 spiro atoms. The zero-order chi connectivity index (χ0) is 10.7. The van der Waals surface area contributed by atoms with Crippen LogP contribution in [0.5, 0.6) is 0 Å². The summed E-state index contributed by atoms with van der Waals surface area (Å²) in [5.74, 6) is 0. The lowest BCUT2D eigenvalue weighted by atomic mass is 10.2. The van der Waals surface area contributed by atoms with Gasteiger partial charge in [-0.15, -0.1) is 0 Å². The molecule has 1 N–H and O–H groups in total. The lowest BCUT2D eigenvalue weighted by Crippen LogP contribution is -2.28. The quantitative estimate of drug-likeness (QED) is 0.789. The van der Waals surface area contributed by atoms with Gasteiger partial charge in [-0.05, 0) is 31.5 Å². The van der Waals surface area contributed by atoms with Crippen LogP contribution in [0, 0.1) is 0 Å². The summed E-state index contributed by atoms with van der Waals surface area (Å²) in [6.07, 6.45) is 1.19. The van der Waals surface area contributed by atoms with Crippen molar-refractivity contribution in [2.45, 2.75) is 19.4 Å². The normalized spacial score (nSPS) is 22.5. The monoisotopic (exact) mass is 224 g/mol. The molecule has 0 amide bonds. The van der Waals surface area contributed by atoms with Crippen molar-refractivity contribution in [3.8, 4) is 0 Å². The standard InChI is InChI=1S/C12H17ClN2/c1-10-5-7-15(8-6-14-10)12-4-2-3-11(13)9-12/h2-4,9-10,14H,5-8H2,1H3. The van der Waals surface area contributed by atoms with Gasteiger partial charge in [-0.1, -0.05) is 17.7 Å². The van der Waals surface area contributed by atoms with Gasteiger partial charge in [0.15, 0.2) is 0 Å². The van der Waals surface area contributed by atoms with Gasteiger partial charge in [0, 0.05) is 36.4 Å². The van der Waals surface area contributed by atoms with Crippen molar-refractivity contribution in [3.05, 3.63) is 29.3 Å². The second-order valence-corrected chi connectivity index (χ2v) is 4.55. The summed E-state index contributed by atoms with van der Waals surface area (Å²) in [6.45, 7) is 5.45. The molecule has 1 heterocycles. The van der Waals surface area contributed by atoms with E-state index < -0.39 is 0 Å². The Morgan fingerprint density at radius 2 is 2.27 bits per heavy atom. The Kier molecular flexibility index (Phi) is 3.49. The highest BCUT2D eigenvalue weighted by atomic mass is 35.5. The van der Waals surface area contributed by atoms with E-state index in [1.54, 1.807) is 0 Å². The predicted octanol–water partition coefficient (Wildman–Crippen LogP) is 2.53. The first-order valence-electron chi connectivity index (χ1n) is 5.49. The van der Waals surface area contributed by atoms with E-state index in [-0.39, 0.29) is 0 Å². The highest BCUT2D eigenvalue weighted by Gasteiger charge is 2.13. The number of nitrogens with zero attached hydrogens (tertiary/aromatic N) is 1. The molecule has 1 saturated heterocycles. The molecule has 82 valence electrons. The molecule has 1 unspecified atom stereocenters. The average Bonchev–Trinajstić information content (AvgIpc) is 2.43. The van der Waals surface area contributed by atoms with Gasteiger partial charge < -0.3 is 10.2 Å². The highest BCUT2D eigenvalue weighted by molar-refractivity contribution is 6.30. The number of benzene rings is 1. The second kappa shape index (κ2) is 4.86. The van der Waals surface area contributed by atoms with E-state index in [0.717, 1.165) is 24.7 Å². The number of rotatable bonds is 1. The Bertz CT molecular complexity index is 327. The summed E-state index contributed by atoms with van der Waals surface area (Å²) in [5.41, 5.74) is 1.23. The lowest BCUT2D eigenvalue weighted by molar-refractivity contribution is 0.566. The average molecular weight is 225 g/mol. The topological polar surface area (TPSA) is 15.3 Å². The SMILES string of the molecule is CC1CCN(c2cccc(Cl)c2)CCN1. The molecule has 0 aromatic heterocycles. The number of anilines is 1. The van der Waals surface area contributed by atoms with Crippen LogP contribution in [0.25, 0.3) is 0 Å². The van der Waals surface area contributed by atoms with E-state index >= 15 is 0 Å². The van der Waals surface area contributed by atoms with Gasteiger partial charge in [-0.3, -0.25) is 0 Å². The first-order chi connectivity index (χ1) is 7.25. The van der Waals surface area contributed by atoms with Crippen LogP contribution in [-0.2, 0) is 0 Å². The number of hydrogen-bond donors (Lipinski definition) is 1. The van der Waals surface area contributed by atoms with Crippen molar-refractivity contribution in [1.29, 1.82) is 0 Å². The molecule has 3 heteroatoms. The Hall–Kier alpha value is -0.730. The van der Waals surface area contributed by atoms with Crippen LogP contribution in [0.1, 0.15) is 13.3 Å². The summed E-state index contributed by atoms with van der Waals surface area (Å²) >= 11 is 5.99. The first-order valence-corrected chi connectivity index (χ1v) is 5.87. The van der Waals surface area contributed by atoms with Gasteiger partial charge in [0.25, 0.3) is 0 Å². The van der Waals surface area contributed by atoms with Gasteiger partial charge in [0.1, 0.15) is 0 Å². The first kappa shape index (κ1) is 10.8. The van der Waals surface area contributed by atoms with E-state index in [1.165, 1.54) is 12.1 Å². The second-order valence-electron chi connectivity index (χ2n) is 4.11. The lowest BCUT2D eigenvalue weighted by Gasteiger charge is -2.22. The Morgan fingerprint density at radius 3 is 3.07 bits per heavy atom. The summed E-state index contributed by atoms with van der Waals surface area (Å²) in [5, 5.41) is 4.30.